The normalized spacial score (nSPS) is 33.2. The molecule has 2 unspecified atom stereocenters. The maximum Gasteiger partial charge on any atom is 0.0474 e. The SMILES string of the molecule is COCCCNC1C(C)CCCC1C. The van der Waals surface area contributed by atoms with E-state index in [1.807, 2.05) is 0 Å². The Labute approximate surface area is 88.4 Å². The van der Waals surface area contributed by atoms with Crippen LogP contribution in [0.15, 0.2) is 0 Å². The lowest BCUT2D eigenvalue weighted by atomic mass is 9.79. The van der Waals surface area contributed by atoms with Crippen molar-refractivity contribution in [3.63, 3.8) is 0 Å². The number of methoxy groups -OCH3 is 1. The van der Waals surface area contributed by atoms with Crippen molar-refractivity contribution < 1.29 is 4.74 Å². The third-order valence-corrected chi connectivity index (χ3v) is 3.45. The Morgan fingerprint density at radius 1 is 1.21 bits per heavy atom. The lowest BCUT2D eigenvalue weighted by molar-refractivity contribution is 0.178. The van der Waals surface area contributed by atoms with Crippen LogP contribution in [-0.2, 0) is 4.74 Å². The maximum atomic E-state index is 5.04. The van der Waals surface area contributed by atoms with Gasteiger partial charge in [-0.1, -0.05) is 20.3 Å². The zero-order chi connectivity index (χ0) is 10.4. The third-order valence-electron chi connectivity index (χ3n) is 3.45. The quantitative estimate of drug-likeness (QED) is 0.687. The fourth-order valence-corrected chi connectivity index (χ4v) is 2.57. The molecule has 1 N–H and O–H groups in total. The summed E-state index contributed by atoms with van der Waals surface area (Å²) in [5, 5.41) is 3.68. The lowest BCUT2D eigenvalue weighted by Crippen LogP contribution is -2.43. The van der Waals surface area contributed by atoms with Crippen LogP contribution in [-0.4, -0.2) is 26.3 Å². The van der Waals surface area contributed by atoms with Crippen LogP contribution >= 0.6 is 0 Å². The molecule has 84 valence electrons. The minimum atomic E-state index is 0.737. The molecule has 0 radical (unpaired) electrons. The number of ether oxygens (including phenoxy) is 1. The average molecular weight is 199 g/mol. The molecule has 1 aliphatic carbocycles. The molecule has 0 bridgehead atoms. The standard InChI is InChI=1S/C12H25NO/c1-10-6-4-7-11(2)12(10)13-8-5-9-14-3/h10-13H,4-9H2,1-3H3. The van der Waals surface area contributed by atoms with Crippen LogP contribution in [0.25, 0.3) is 0 Å². The molecule has 2 atom stereocenters. The molecule has 2 nitrogen and oxygen atoms in total. The van der Waals surface area contributed by atoms with Crippen LogP contribution in [0.5, 0.6) is 0 Å². The van der Waals surface area contributed by atoms with E-state index in [9.17, 15) is 0 Å². The van der Waals surface area contributed by atoms with Crippen LogP contribution in [0.1, 0.15) is 39.5 Å². The molecule has 1 aliphatic rings. The van der Waals surface area contributed by atoms with E-state index in [1.54, 1.807) is 7.11 Å². The summed E-state index contributed by atoms with van der Waals surface area (Å²) in [6.07, 6.45) is 5.34. The van der Waals surface area contributed by atoms with E-state index in [4.69, 9.17) is 4.74 Å². The first-order chi connectivity index (χ1) is 6.75. The van der Waals surface area contributed by atoms with Crippen molar-refractivity contribution in [2.75, 3.05) is 20.3 Å². The van der Waals surface area contributed by atoms with Gasteiger partial charge in [-0.15, -0.1) is 0 Å². The number of hydrogen-bond donors (Lipinski definition) is 1. The fraction of sp³-hybridized carbons (Fsp3) is 1.00. The van der Waals surface area contributed by atoms with E-state index in [0.717, 1.165) is 37.5 Å². The minimum absolute atomic E-state index is 0.737. The van der Waals surface area contributed by atoms with Gasteiger partial charge in [-0.2, -0.15) is 0 Å². The molecule has 0 heterocycles. The van der Waals surface area contributed by atoms with E-state index < -0.39 is 0 Å². The minimum Gasteiger partial charge on any atom is -0.385 e. The summed E-state index contributed by atoms with van der Waals surface area (Å²) in [4.78, 5) is 0. The molecule has 1 rings (SSSR count). The second-order valence-corrected chi connectivity index (χ2v) is 4.71. The van der Waals surface area contributed by atoms with Gasteiger partial charge in [-0.05, 0) is 37.6 Å². The number of nitrogens with one attached hydrogen (secondary N) is 1. The molecule has 0 amide bonds. The highest BCUT2D eigenvalue weighted by Gasteiger charge is 2.26. The van der Waals surface area contributed by atoms with Crippen molar-refractivity contribution in [1.29, 1.82) is 0 Å². The van der Waals surface area contributed by atoms with Crippen LogP contribution in [0.3, 0.4) is 0 Å². The lowest BCUT2D eigenvalue weighted by Gasteiger charge is -2.35. The van der Waals surface area contributed by atoms with E-state index in [0.29, 0.717) is 0 Å². The predicted molar refractivity (Wildman–Crippen MR) is 60.5 cm³/mol. The van der Waals surface area contributed by atoms with Crippen molar-refractivity contribution in [2.45, 2.75) is 45.6 Å². The van der Waals surface area contributed by atoms with Gasteiger partial charge >= 0.3 is 0 Å². The molecule has 1 saturated carbocycles. The Morgan fingerprint density at radius 3 is 2.43 bits per heavy atom. The van der Waals surface area contributed by atoms with Crippen LogP contribution in [0.2, 0.25) is 0 Å². The summed E-state index contributed by atoms with van der Waals surface area (Å²) in [6, 6.07) is 0.737. The highest BCUT2D eigenvalue weighted by atomic mass is 16.5. The first kappa shape index (κ1) is 12.0. The van der Waals surface area contributed by atoms with Crippen molar-refractivity contribution in [3.05, 3.63) is 0 Å². The third kappa shape index (κ3) is 3.58. The zero-order valence-corrected chi connectivity index (χ0v) is 9.88. The summed E-state index contributed by atoms with van der Waals surface area (Å²) in [5.74, 6) is 1.70. The molecule has 0 aromatic carbocycles. The van der Waals surface area contributed by atoms with E-state index in [2.05, 4.69) is 19.2 Å². The largest absolute Gasteiger partial charge is 0.385 e. The molecule has 0 spiro atoms. The molecular formula is C12H25NO. The highest BCUT2D eigenvalue weighted by molar-refractivity contribution is 4.82. The van der Waals surface area contributed by atoms with Gasteiger partial charge in [0.25, 0.3) is 0 Å². The summed E-state index contributed by atoms with van der Waals surface area (Å²) in [7, 11) is 1.77. The molecule has 14 heavy (non-hydrogen) atoms. The van der Waals surface area contributed by atoms with Gasteiger partial charge in [0.05, 0.1) is 0 Å². The Bertz CT molecular complexity index is 139. The van der Waals surface area contributed by atoms with E-state index >= 15 is 0 Å². The second kappa shape index (κ2) is 6.41. The molecule has 1 fully saturated rings. The molecule has 0 aromatic heterocycles. The predicted octanol–water partition coefficient (Wildman–Crippen LogP) is 2.44. The number of hydrogen-bond acceptors (Lipinski definition) is 2. The molecule has 2 heteroatoms. The van der Waals surface area contributed by atoms with Gasteiger partial charge in [0, 0.05) is 19.8 Å². The monoisotopic (exact) mass is 199 g/mol. The van der Waals surface area contributed by atoms with E-state index in [-0.39, 0.29) is 0 Å². The number of rotatable bonds is 5. The van der Waals surface area contributed by atoms with Crippen molar-refractivity contribution in [2.24, 2.45) is 11.8 Å². The molecule has 0 saturated heterocycles. The Hall–Kier alpha value is -0.0800. The van der Waals surface area contributed by atoms with Crippen molar-refractivity contribution in [3.8, 4) is 0 Å². The topological polar surface area (TPSA) is 21.3 Å². The summed E-state index contributed by atoms with van der Waals surface area (Å²) in [5.41, 5.74) is 0. The highest BCUT2D eigenvalue weighted by Crippen LogP contribution is 2.28. The first-order valence-corrected chi connectivity index (χ1v) is 5.98. The average Bonchev–Trinajstić information content (AvgIpc) is 2.16. The summed E-state index contributed by atoms with van der Waals surface area (Å²) in [6.45, 7) is 6.74. The maximum absolute atomic E-state index is 5.04. The smallest absolute Gasteiger partial charge is 0.0474 e. The van der Waals surface area contributed by atoms with Gasteiger partial charge in [-0.3, -0.25) is 0 Å². The van der Waals surface area contributed by atoms with Gasteiger partial charge < -0.3 is 10.1 Å². The van der Waals surface area contributed by atoms with Gasteiger partial charge in [0.2, 0.25) is 0 Å². The Morgan fingerprint density at radius 2 is 1.86 bits per heavy atom. The summed E-state index contributed by atoms with van der Waals surface area (Å²) < 4.78 is 5.04. The van der Waals surface area contributed by atoms with Crippen molar-refractivity contribution in [1.82, 2.24) is 5.32 Å². The first-order valence-electron chi connectivity index (χ1n) is 5.98. The molecular weight excluding hydrogens is 174 g/mol. The zero-order valence-electron chi connectivity index (χ0n) is 9.88. The molecule has 0 aliphatic heterocycles. The van der Waals surface area contributed by atoms with Crippen LogP contribution in [0, 0.1) is 11.8 Å². The molecule has 0 aromatic rings. The van der Waals surface area contributed by atoms with Gasteiger partial charge in [0.15, 0.2) is 0 Å². The summed E-state index contributed by atoms with van der Waals surface area (Å²) >= 11 is 0. The fourth-order valence-electron chi connectivity index (χ4n) is 2.57. The van der Waals surface area contributed by atoms with Crippen molar-refractivity contribution >= 4 is 0 Å². The van der Waals surface area contributed by atoms with Gasteiger partial charge in [0.1, 0.15) is 0 Å². The van der Waals surface area contributed by atoms with Crippen LogP contribution in [0.4, 0.5) is 0 Å². The van der Waals surface area contributed by atoms with Gasteiger partial charge in [-0.25, -0.2) is 0 Å². The Kier molecular flexibility index (Phi) is 5.49. The Balaban J connectivity index is 2.19. The van der Waals surface area contributed by atoms with E-state index in [1.165, 1.54) is 19.3 Å². The van der Waals surface area contributed by atoms with Crippen LogP contribution < -0.4 is 5.32 Å². The second-order valence-electron chi connectivity index (χ2n) is 4.71.